The summed E-state index contributed by atoms with van der Waals surface area (Å²) in [7, 11) is 1.29. The monoisotopic (exact) mass is 361 g/mol. The molecule has 0 saturated carbocycles. The van der Waals surface area contributed by atoms with E-state index in [4.69, 9.17) is 4.84 Å². The summed E-state index contributed by atoms with van der Waals surface area (Å²) in [6.07, 6.45) is 2.66. The van der Waals surface area contributed by atoms with Crippen LogP contribution in [0.15, 0.2) is 29.8 Å². The summed E-state index contributed by atoms with van der Waals surface area (Å²) in [5, 5.41) is 10.1. The first-order chi connectivity index (χ1) is 9.60. The second-order valence-electron chi connectivity index (χ2n) is 3.96. The summed E-state index contributed by atoms with van der Waals surface area (Å²) in [6, 6.07) is 6.45. The van der Waals surface area contributed by atoms with E-state index in [9.17, 15) is 15.0 Å². The van der Waals surface area contributed by atoms with Crippen molar-refractivity contribution in [1.82, 2.24) is 5.06 Å². The van der Waals surface area contributed by atoms with Crippen molar-refractivity contribution in [2.45, 2.75) is 6.92 Å². The van der Waals surface area contributed by atoms with Crippen molar-refractivity contribution in [3.8, 4) is 0 Å². The maximum atomic E-state index is 12.0. The molecule has 0 fully saturated rings. The molecule has 7 heteroatoms. The van der Waals surface area contributed by atoms with Crippen LogP contribution in [-0.2, 0) is 42.3 Å². The van der Waals surface area contributed by atoms with Crippen LogP contribution in [0, 0.1) is 6.08 Å². The van der Waals surface area contributed by atoms with Crippen molar-refractivity contribution in [2.24, 2.45) is 0 Å². The molecule has 107 valence electrons. The Morgan fingerprint density at radius 3 is 2.19 bits per heavy atom. The second-order valence-corrected chi connectivity index (χ2v) is 3.96. The Balaban J connectivity index is 0.00000220. The van der Waals surface area contributed by atoms with Gasteiger partial charge in [-0.2, -0.15) is 11.5 Å². The number of carbonyl (C=O) groups excluding carboxylic acids is 2. The molecule has 1 radical (unpaired) electrons. The molecule has 2 rings (SSSR count). The summed E-state index contributed by atoms with van der Waals surface area (Å²) >= 11 is 0. The number of methoxy groups -OCH3 is 1. The molecule has 6 nitrogen and oxygen atoms in total. The Morgan fingerprint density at radius 2 is 1.76 bits per heavy atom. The molecule has 0 unspecified atom stereocenters. The fraction of sp³-hybridized carbons (Fsp3) is 0.214. The fourth-order valence-corrected chi connectivity index (χ4v) is 1.78. The molecule has 1 aromatic rings. The molecular formula is C14H12N2O4Y-2. The first-order valence-electron chi connectivity index (χ1n) is 5.84. The average molecular weight is 361 g/mol. The molecule has 1 aliphatic heterocycles. The maximum Gasteiger partial charge on any atom is 0.285 e. The van der Waals surface area contributed by atoms with E-state index in [1.54, 1.807) is 31.2 Å². The molecule has 0 spiro atoms. The van der Waals surface area contributed by atoms with Crippen LogP contribution in [0.4, 0.5) is 0 Å². The maximum absolute atomic E-state index is 12.0. The quantitative estimate of drug-likeness (QED) is 0.353. The molecule has 1 aromatic carbocycles. The summed E-state index contributed by atoms with van der Waals surface area (Å²) in [4.78, 5) is 29.2. The van der Waals surface area contributed by atoms with E-state index in [2.05, 4.69) is 10.8 Å². The van der Waals surface area contributed by atoms with E-state index in [0.717, 1.165) is 0 Å². The average Bonchev–Trinajstić information content (AvgIpc) is 2.72. The third kappa shape index (κ3) is 3.45. The number of imide groups is 1. The van der Waals surface area contributed by atoms with Crippen molar-refractivity contribution in [2.75, 3.05) is 13.7 Å². The number of rotatable bonds is 4. The van der Waals surface area contributed by atoms with Gasteiger partial charge in [0.2, 0.25) is 0 Å². The number of allylic oxidation sites excluding steroid dienone is 1. The van der Waals surface area contributed by atoms with Crippen LogP contribution in [0.1, 0.15) is 27.6 Å². The molecule has 0 aliphatic carbocycles. The molecule has 0 N–H and O–H groups in total. The molecule has 1 heterocycles. The number of amides is 2. The van der Waals surface area contributed by atoms with Gasteiger partial charge in [-0.3, -0.25) is 20.5 Å². The van der Waals surface area contributed by atoms with Crippen LogP contribution in [0.5, 0.6) is 0 Å². The Morgan fingerprint density at radius 1 is 1.24 bits per heavy atom. The molecule has 0 bridgehead atoms. The molecule has 0 saturated heterocycles. The number of fused-ring (bicyclic) bond motifs is 1. The van der Waals surface area contributed by atoms with Gasteiger partial charge in [0.1, 0.15) is 0 Å². The number of nitrogens with zero attached hydrogens (tertiary/aromatic N) is 2. The van der Waals surface area contributed by atoms with E-state index in [1.165, 1.54) is 7.11 Å². The zero-order chi connectivity index (χ0) is 14.7. The van der Waals surface area contributed by atoms with Crippen LogP contribution in [0.2, 0.25) is 0 Å². The zero-order valence-corrected chi connectivity index (χ0v) is 14.5. The molecule has 21 heavy (non-hydrogen) atoms. The fourth-order valence-electron chi connectivity index (χ4n) is 1.78. The van der Waals surface area contributed by atoms with Crippen LogP contribution >= 0.6 is 0 Å². The van der Waals surface area contributed by atoms with Crippen LogP contribution < -0.4 is 0 Å². The van der Waals surface area contributed by atoms with Gasteiger partial charge in [0.25, 0.3) is 11.8 Å². The number of hydroxylamine groups is 2. The van der Waals surface area contributed by atoms with Gasteiger partial charge in [-0.15, -0.1) is 12.0 Å². The minimum atomic E-state index is -0.530. The van der Waals surface area contributed by atoms with Gasteiger partial charge in [-0.25, -0.2) is 0 Å². The van der Waals surface area contributed by atoms with E-state index in [0.29, 0.717) is 16.2 Å². The topological polar surface area (TPSA) is 78.1 Å². The van der Waals surface area contributed by atoms with Crippen LogP contribution in [-0.4, -0.2) is 36.5 Å². The Bertz CT molecular complexity index is 578. The van der Waals surface area contributed by atoms with Gasteiger partial charge >= 0.3 is 0 Å². The predicted molar refractivity (Wildman–Crippen MR) is 70.7 cm³/mol. The molecule has 1 aliphatic rings. The van der Waals surface area contributed by atoms with Gasteiger partial charge in [-0.1, -0.05) is 12.1 Å². The zero-order valence-electron chi connectivity index (χ0n) is 11.6. The third-order valence-corrected chi connectivity index (χ3v) is 2.85. The van der Waals surface area contributed by atoms with Crippen molar-refractivity contribution in [3.63, 3.8) is 0 Å². The van der Waals surface area contributed by atoms with Crippen LogP contribution in [0.3, 0.4) is 0 Å². The summed E-state index contributed by atoms with van der Waals surface area (Å²) in [5.41, 5.74) is 0.802. The van der Waals surface area contributed by atoms with Gasteiger partial charge in [0, 0.05) is 32.7 Å². The van der Waals surface area contributed by atoms with Gasteiger partial charge in [-0.05, 0) is 12.1 Å². The smallest absolute Gasteiger partial charge is 0.285 e. The van der Waals surface area contributed by atoms with E-state index >= 15 is 0 Å². The second kappa shape index (κ2) is 7.59. The van der Waals surface area contributed by atoms with Gasteiger partial charge < -0.3 is 10.1 Å². The summed E-state index contributed by atoms with van der Waals surface area (Å²) in [6.45, 7) is 1.35. The van der Waals surface area contributed by atoms with Crippen molar-refractivity contribution in [1.29, 1.82) is 0 Å². The Kier molecular flexibility index (Phi) is 6.39. The predicted octanol–water partition coefficient (Wildman–Crippen LogP) is 1.58. The van der Waals surface area contributed by atoms with E-state index < -0.39 is 11.8 Å². The minimum Gasteiger partial charge on any atom is -0.874 e. The van der Waals surface area contributed by atoms with E-state index in [-0.39, 0.29) is 50.8 Å². The van der Waals surface area contributed by atoms with E-state index in [1.807, 2.05) is 0 Å². The minimum absolute atomic E-state index is 0. The SMILES string of the molecule is C[C-]=C(CON1C(=O)c2ccccc2C1=O)C(=[N-])OC.[Y]. The first kappa shape index (κ1) is 17.7. The summed E-state index contributed by atoms with van der Waals surface area (Å²) in [5.74, 6) is -1.43. The Hall–Kier alpha value is -1.37. The number of ether oxygens (including phenoxy) is 1. The van der Waals surface area contributed by atoms with Crippen molar-refractivity contribution < 1.29 is 51.9 Å². The summed E-state index contributed by atoms with van der Waals surface area (Å²) < 4.78 is 4.64. The van der Waals surface area contributed by atoms with Crippen molar-refractivity contribution in [3.05, 3.63) is 52.5 Å². The molecular weight excluding hydrogens is 349 g/mol. The van der Waals surface area contributed by atoms with Crippen molar-refractivity contribution >= 4 is 17.7 Å². The number of carbonyl (C=O) groups is 2. The molecule has 0 atom stereocenters. The molecule has 0 aromatic heterocycles. The number of benzene rings is 1. The van der Waals surface area contributed by atoms with Crippen LogP contribution in [0.25, 0.3) is 5.41 Å². The molecule has 2 amide bonds. The first-order valence-corrected chi connectivity index (χ1v) is 5.84. The Labute approximate surface area is 147 Å². The largest absolute Gasteiger partial charge is 0.874 e. The standard InChI is InChI=1S/C14H12N2O4.Y/c1-3-9(12(15)19-2)8-20-16-13(17)10-6-4-5-7-11(10)14(16)18;/h4-7H,8H2,1-2H3;/q-2;. The van der Waals surface area contributed by atoms with Gasteiger partial charge in [0.15, 0.2) is 0 Å². The third-order valence-electron chi connectivity index (χ3n) is 2.85. The normalized spacial score (nSPS) is 13.8. The number of hydrogen-bond acceptors (Lipinski definition) is 4. The van der Waals surface area contributed by atoms with Gasteiger partial charge in [0.05, 0.1) is 24.8 Å². The number of hydrogen-bond donors (Lipinski definition) is 0.